The van der Waals surface area contributed by atoms with Gasteiger partial charge in [-0.15, -0.1) is 0 Å². The average Bonchev–Trinajstić information content (AvgIpc) is 2.46. The Labute approximate surface area is 125 Å². The van der Waals surface area contributed by atoms with Gasteiger partial charge in [0.2, 0.25) is 0 Å². The number of fused-ring (bicyclic) bond motifs is 1. The summed E-state index contributed by atoms with van der Waals surface area (Å²) in [7, 11) is 0. The van der Waals surface area contributed by atoms with Crippen molar-refractivity contribution in [2.45, 2.75) is 13.3 Å². The summed E-state index contributed by atoms with van der Waals surface area (Å²) >= 11 is 0. The molecule has 2 rings (SSSR count). The molecule has 0 bridgehead atoms. The molecule has 0 radical (unpaired) electrons. The van der Waals surface area contributed by atoms with E-state index in [1.807, 2.05) is 0 Å². The molecule has 0 aliphatic heterocycles. The van der Waals surface area contributed by atoms with E-state index in [2.05, 4.69) is 0 Å². The largest absolute Gasteiger partial charge is 0.503 e. The minimum Gasteiger partial charge on any atom is -0.503 e. The molecular weight excluding hydrogens is 292 g/mol. The first-order valence-electron chi connectivity index (χ1n) is 6.45. The summed E-state index contributed by atoms with van der Waals surface area (Å²) in [5, 5.41) is 19.0. The summed E-state index contributed by atoms with van der Waals surface area (Å²) in [6.45, 7) is 1.60. The van der Waals surface area contributed by atoms with Gasteiger partial charge in [-0.1, -0.05) is 12.1 Å². The third-order valence-corrected chi connectivity index (χ3v) is 2.72. The summed E-state index contributed by atoms with van der Waals surface area (Å²) in [5.41, 5.74) is -0.714. The SMILES string of the molecule is C/C=C\Oc1c(O)c2c(OCCC(=O)O)cccc2oc1=O. The second-order valence-corrected chi connectivity index (χ2v) is 4.28. The van der Waals surface area contributed by atoms with Crippen LogP contribution >= 0.6 is 0 Å². The maximum atomic E-state index is 11.8. The minimum atomic E-state index is -1.01. The highest BCUT2D eigenvalue weighted by atomic mass is 16.5. The lowest BCUT2D eigenvalue weighted by atomic mass is 10.2. The second-order valence-electron chi connectivity index (χ2n) is 4.28. The molecule has 7 heteroatoms. The van der Waals surface area contributed by atoms with Crippen LogP contribution in [0.1, 0.15) is 13.3 Å². The van der Waals surface area contributed by atoms with E-state index in [-0.39, 0.29) is 35.5 Å². The molecule has 0 aliphatic carbocycles. The van der Waals surface area contributed by atoms with Gasteiger partial charge in [0.1, 0.15) is 16.7 Å². The Morgan fingerprint density at radius 3 is 2.86 bits per heavy atom. The molecular formula is C15H14O7. The molecule has 1 aromatic carbocycles. The normalized spacial score (nSPS) is 11.0. The van der Waals surface area contributed by atoms with E-state index in [4.69, 9.17) is 19.0 Å². The fraction of sp³-hybridized carbons (Fsp3) is 0.200. The smallest absolute Gasteiger partial charge is 0.383 e. The molecule has 0 fully saturated rings. The van der Waals surface area contributed by atoms with E-state index in [1.54, 1.807) is 19.1 Å². The van der Waals surface area contributed by atoms with Crippen molar-refractivity contribution < 1.29 is 28.9 Å². The monoisotopic (exact) mass is 306 g/mol. The summed E-state index contributed by atoms with van der Waals surface area (Å²) in [4.78, 5) is 22.3. The molecule has 0 saturated carbocycles. The van der Waals surface area contributed by atoms with Crippen LogP contribution in [0.25, 0.3) is 11.0 Å². The lowest BCUT2D eigenvalue weighted by Crippen LogP contribution is -2.07. The molecule has 22 heavy (non-hydrogen) atoms. The van der Waals surface area contributed by atoms with Crippen molar-refractivity contribution in [1.29, 1.82) is 0 Å². The molecule has 0 saturated heterocycles. The van der Waals surface area contributed by atoms with E-state index < -0.39 is 17.3 Å². The van der Waals surface area contributed by atoms with Gasteiger partial charge in [-0.2, -0.15) is 0 Å². The highest BCUT2D eigenvalue weighted by Gasteiger charge is 2.18. The van der Waals surface area contributed by atoms with Crippen molar-refractivity contribution in [2.24, 2.45) is 0 Å². The number of aromatic hydroxyl groups is 1. The van der Waals surface area contributed by atoms with Gasteiger partial charge in [-0.3, -0.25) is 4.79 Å². The lowest BCUT2D eigenvalue weighted by Gasteiger charge is -2.10. The zero-order valence-electron chi connectivity index (χ0n) is 11.7. The number of carboxylic acid groups (broad SMARTS) is 1. The van der Waals surface area contributed by atoms with Crippen LogP contribution in [0, 0.1) is 0 Å². The Morgan fingerprint density at radius 2 is 2.18 bits per heavy atom. The van der Waals surface area contributed by atoms with Gasteiger partial charge < -0.3 is 24.1 Å². The van der Waals surface area contributed by atoms with Crippen LogP contribution in [0.4, 0.5) is 0 Å². The predicted octanol–water partition coefficient (Wildman–Crippen LogP) is 2.26. The zero-order valence-corrected chi connectivity index (χ0v) is 11.7. The van der Waals surface area contributed by atoms with Gasteiger partial charge >= 0.3 is 11.6 Å². The van der Waals surface area contributed by atoms with E-state index in [0.717, 1.165) is 0 Å². The van der Waals surface area contributed by atoms with Crippen molar-refractivity contribution in [3.8, 4) is 17.2 Å². The molecule has 2 N–H and O–H groups in total. The Balaban J connectivity index is 2.49. The van der Waals surface area contributed by atoms with Gasteiger partial charge in [0, 0.05) is 0 Å². The van der Waals surface area contributed by atoms with Gasteiger partial charge in [0.15, 0.2) is 5.75 Å². The first-order chi connectivity index (χ1) is 10.5. The van der Waals surface area contributed by atoms with Crippen molar-refractivity contribution >= 4 is 16.9 Å². The van der Waals surface area contributed by atoms with Gasteiger partial charge in [-0.05, 0) is 19.1 Å². The summed E-state index contributed by atoms with van der Waals surface area (Å²) in [6.07, 6.45) is 2.57. The van der Waals surface area contributed by atoms with Crippen molar-refractivity contribution in [1.82, 2.24) is 0 Å². The third kappa shape index (κ3) is 3.20. The fourth-order valence-electron chi connectivity index (χ4n) is 1.79. The van der Waals surface area contributed by atoms with E-state index in [1.165, 1.54) is 18.4 Å². The summed E-state index contributed by atoms with van der Waals surface area (Å²) in [6, 6.07) is 4.58. The first kappa shape index (κ1) is 15.4. The first-order valence-corrected chi connectivity index (χ1v) is 6.45. The zero-order chi connectivity index (χ0) is 16.1. The van der Waals surface area contributed by atoms with Gasteiger partial charge in [0.25, 0.3) is 5.75 Å². The molecule has 1 heterocycles. The number of rotatable bonds is 6. The van der Waals surface area contributed by atoms with E-state index in [0.29, 0.717) is 0 Å². The molecule has 0 amide bonds. The van der Waals surface area contributed by atoms with Gasteiger partial charge in [-0.25, -0.2) is 4.79 Å². The second kappa shape index (κ2) is 6.66. The van der Waals surface area contributed by atoms with Crippen molar-refractivity contribution in [3.05, 3.63) is 41.0 Å². The van der Waals surface area contributed by atoms with Crippen LogP contribution in [-0.4, -0.2) is 22.8 Å². The highest BCUT2D eigenvalue weighted by molar-refractivity contribution is 5.91. The van der Waals surface area contributed by atoms with Crippen LogP contribution in [0.15, 0.2) is 39.7 Å². The molecule has 7 nitrogen and oxygen atoms in total. The molecule has 116 valence electrons. The summed E-state index contributed by atoms with van der Waals surface area (Å²) in [5.74, 6) is -1.59. The molecule has 1 aromatic heterocycles. The number of hydrogen-bond acceptors (Lipinski definition) is 6. The van der Waals surface area contributed by atoms with E-state index >= 15 is 0 Å². The number of benzene rings is 1. The maximum Gasteiger partial charge on any atom is 0.383 e. The maximum absolute atomic E-state index is 11.8. The van der Waals surface area contributed by atoms with Crippen molar-refractivity contribution in [3.63, 3.8) is 0 Å². The molecule has 0 atom stereocenters. The quantitative estimate of drug-likeness (QED) is 0.622. The van der Waals surface area contributed by atoms with Crippen LogP contribution in [0.3, 0.4) is 0 Å². The molecule has 0 aliphatic rings. The number of carbonyl (C=O) groups is 1. The number of hydrogen-bond donors (Lipinski definition) is 2. The van der Waals surface area contributed by atoms with Crippen LogP contribution in [0.2, 0.25) is 0 Å². The number of ether oxygens (including phenoxy) is 2. The third-order valence-electron chi connectivity index (χ3n) is 2.72. The standard InChI is InChI=1S/C15H14O7/c1-2-7-21-14-13(18)12-9(20-8-6-11(16)17)4-3-5-10(12)22-15(14)19/h2-5,7,18H,6,8H2,1H3,(H,16,17)/b7-2-. The van der Waals surface area contributed by atoms with E-state index in [9.17, 15) is 14.7 Å². The van der Waals surface area contributed by atoms with Crippen molar-refractivity contribution in [2.75, 3.05) is 6.61 Å². The molecule has 2 aromatic rings. The average molecular weight is 306 g/mol. The lowest BCUT2D eigenvalue weighted by molar-refractivity contribution is -0.137. The Hall–Kier alpha value is -2.96. The topological polar surface area (TPSA) is 106 Å². The minimum absolute atomic E-state index is 0.0853. The fourth-order valence-corrected chi connectivity index (χ4v) is 1.79. The molecule has 0 spiro atoms. The highest BCUT2D eigenvalue weighted by Crippen LogP contribution is 2.37. The number of carboxylic acids is 1. The predicted molar refractivity (Wildman–Crippen MR) is 77.3 cm³/mol. The van der Waals surface area contributed by atoms with Crippen LogP contribution in [0.5, 0.6) is 17.2 Å². The number of aliphatic carboxylic acids is 1. The number of allylic oxidation sites excluding steroid dienone is 1. The van der Waals surface area contributed by atoms with Crippen LogP contribution in [-0.2, 0) is 4.79 Å². The Morgan fingerprint density at radius 1 is 1.41 bits per heavy atom. The molecule has 0 unspecified atom stereocenters. The Bertz CT molecular complexity index is 773. The van der Waals surface area contributed by atoms with Crippen LogP contribution < -0.4 is 15.1 Å². The Kier molecular flexibility index (Phi) is 4.67. The summed E-state index contributed by atoms with van der Waals surface area (Å²) < 4.78 is 15.4. The van der Waals surface area contributed by atoms with Gasteiger partial charge in [0.05, 0.1) is 19.3 Å².